The fraction of sp³-hybridized carbons (Fsp3) is 0.296. The second-order valence-corrected chi connectivity index (χ2v) is 9.19. The molecule has 2 aromatic carbocycles. The molecular formula is C27H28N2O8S. The van der Waals surface area contributed by atoms with Crippen LogP contribution in [-0.2, 0) is 9.53 Å². The van der Waals surface area contributed by atoms with Gasteiger partial charge in [0.15, 0.2) is 16.3 Å². The SMILES string of the molecule is CCOC(=O)C1=C(C)N=c2s/c(=C/c3cc(OC)c(O)c(OC)c3)c(=O)n2[C@H]1c1cc(OC)ccc1OC. The van der Waals surface area contributed by atoms with Gasteiger partial charge in [0, 0.05) is 5.56 Å². The van der Waals surface area contributed by atoms with Gasteiger partial charge in [0.1, 0.15) is 17.5 Å². The van der Waals surface area contributed by atoms with Crippen molar-refractivity contribution in [3.05, 3.63) is 72.4 Å². The highest BCUT2D eigenvalue weighted by Gasteiger charge is 2.35. The number of hydrogen-bond acceptors (Lipinski definition) is 10. The number of phenols is 1. The molecule has 0 unspecified atom stereocenters. The van der Waals surface area contributed by atoms with E-state index in [-0.39, 0.29) is 35.0 Å². The lowest BCUT2D eigenvalue weighted by molar-refractivity contribution is -0.139. The first-order valence-electron chi connectivity index (χ1n) is 11.6. The molecule has 10 nitrogen and oxygen atoms in total. The van der Waals surface area contributed by atoms with Crippen LogP contribution in [-0.4, -0.2) is 50.7 Å². The van der Waals surface area contributed by atoms with Gasteiger partial charge in [0.25, 0.3) is 5.56 Å². The van der Waals surface area contributed by atoms with Crippen LogP contribution in [0, 0.1) is 0 Å². The molecule has 1 N–H and O–H groups in total. The number of nitrogens with zero attached hydrogens (tertiary/aromatic N) is 2. The fourth-order valence-electron chi connectivity index (χ4n) is 4.29. The molecule has 0 saturated carbocycles. The van der Waals surface area contributed by atoms with Crippen molar-refractivity contribution in [1.82, 2.24) is 4.57 Å². The summed E-state index contributed by atoms with van der Waals surface area (Å²) in [6.07, 6.45) is 1.65. The second-order valence-electron chi connectivity index (χ2n) is 8.18. The highest BCUT2D eigenvalue weighted by molar-refractivity contribution is 7.07. The normalized spacial score (nSPS) is 15.0. The summed E-state index contributed by atoms with van der Waals surface area (Å²) in [5, 5.41) is 10.3. The van der Waals surface area contributed by atoms with Crippen molar-refractivity contribution in [3.63, 3.8) is 0 Å². The van der Waals surface area contributed by atoms with Crippen LogP contribution in [0.5, 0.6) is 28.7 Å². The quantitative estimate of drug-likeness (QED) is 0.433. The van der Waals surface area contributed by atoms with Gasteiger partial charge in [-0.2, -0.15) is 0 Å². The largest absolute Gasteiger partial charge is 0.502 e. The number of esters is 1. The van der Waals surface area contributed by atoms with Crippen molar-refractivity contribution in [2.45, 2.75) is 19.9 Å². The Kier molecular flexibility index (Phi) is 7.77. The van der Waals surface area contributed by atoms with Crippen LogP contribution in [0.4, 0.5) is 0 Å². The van der Waals surface area contributed by atoms with Gasteiger partial charge >= 0.3 is 5.97 Å². The Morgan fingerprint density at radius 2 is 1.71 bits per heavy atom. The number of ether oxygens (including phenoxy) is 5. The molecular weight excluding hydrogens is 512 g/mol. The summed E-state index contributed by atoms with van der Waals surface area (Å²) in [4.78, 5) is 32.0. The molecule has 200 valence electrons. The molecule has 1 aromatic heterocycles. The Balaban J connectivity index is 2.01. The van der Waals surface area contributed by atoms with Crippen molar-refractivity contribution in [1.29, 1.82) is 0 Å². The van der Waals surface area contributed by atoms with Gasteiger partial charge in [0.2, 0.25) is 5.75 Å². The van der Waals surface area contributed by atoms with E-state index in [2.05, 4.69) is 4.99 Å². The summed E-state index contributed by atoms with van der Waals surface area (Å²) in [7, 11) is 5.90. The van der Waals surface area contributed by atoms with E-state index in [1.54, 1.807) is 50.3 Å². The Labute approximate surface area is 222 Å². The molecule has 3 aromatic rings. The fourth-order valence-corrected chi connectivity index (χ4v) is 5.33. The Morgan fingerprint density at radius 1 is 1.05 bits per heavy atom. The lowest BCUT2D eigenvalue weighted by Gasteiger charge is -2.26. The number of hydrogen-bond donors (Lipinski definition) is 1. The predicted octanol–water partition coefficient (Wildman–Crippen LogP) is 2.54. The van der Waals surface area contributed by atoms with Gasteiger partial charge in [-0.1, -0.05) is 11.3 Å². The van der Waals surface area contributed by atoms with Crippen molar-refractivity contribution < 1.29 is 33.6 Å². The second kappa shape index (κ2) is 11.0. The molecule has 11 heteroatoms. The van der Waals surface area contributed by atoms with Crippen LogP contribution in [0.15, 0.2) is 51.4 Å². The van der Waals surface area contributed by atoms with E-state index in [1.165, 1.54) is 44.3 Å². The Bertz CT molecular complexity index is 1580. The van der Waals surface area contributed by atoms with E-state index in [1.807, 2.05) is 0 Å². The zero-order valence-electron chi connectivity index (χ0n) is 21.9. The van der Waals surface area contributed by atoms with Gasteiger partial charge in [-0.3, -0.25) is 9.36 Å². The number of methoxy groups -OCH3 is 4. The average molecular weight is 541 g/mol. The highest BCUT2D eigenvalue weighted by Crippen LogP contribution is 2.39. The number of rotatable bonds is 8. The smallest absolute Gasteiger partial charge is 0.338 e. The predicted molar refractivity (Wildman–Crippen MR) is 141 cm³/mol. The first kappa shape index (κ1) is 26.8. The van der Waals surface area contributed by atoms with E-state index >= 15 is 0 Å². The molecule has 0 fully saturated rings. The zero-order valence-corrected chi connectivity index (χ0v) is 22.7. The van der Waals surface area contributed by atoms with Crippen molar-refractivity contribution in [2.75, 3.05) is 35.0 Å². The number of carbonyl (C=O) groups is 1. The maximum atomic E-state index is 13.9. The molecule has 2 heterocycles. The standard InChI is InChI=1S/C27H28N2O8S/c1-7-37-26(32)22-14(2)28-27-29(23(22)17-13-16(33-3)8-9-18(17)34-4)25(31)21(38-27)12-15-10-19(35-5)24(30)20(11-15)36-6/h8-13,23,30H,7H2,1-6H3/b21-12+/t23-/m0/s1. The van der Waals surface area contributed by atoms with E-state index in [0.29, 0.717) is 37.7 Å². The van der Waals surface area contributed by atoms with Crippen LogP contribution < -0.4 is 33.8 Å². The van der Waals surface area contributed by atoms with Crippen LogP contribution >= 0.6 is 11.3 Å². The number of thiazole rings is 1. The number of aromatic nitrogens is 1. The van der Waals surface area contributed by atoms with Crippen molar-refractivity contribution in [3.8, 4) is 28.7 Å². The number of phenolic OH excluding ortho intramolecular Hbond substituents is 1. The van der Waals surface area contributed by atoms with Gasteiger partial charge in [0.05, 0.1) is 50.8 Å². The summed E-state index contributed by atoms with van der Waals surface area (Å²) in [5.74, 6) is 0.670. The van der Waals surface area contributed by atoms with Gasteiger partial charge in [-0.25, -0.2) is 9.79 Å². The van der Waals surface area contributed by atoms with Crippen molar-refractivity contribution in [2.24, 2.45) is 4.99 Å². The lowest BCUT2D eigenvalue weighted by Crippen LogP contribution is -2.40. The monoisotopic (exact) mass is 540 g/mol. The summed E-state index contributed by atoms with van der Waals surface area (Å²) in [6, 6.07) is 7.49. The number of carbonyl (C=O) groups excluding carboxylic acids is 1. The third-order valence-corrected chi connectivity index (χ3v) is 7.03. The number of benzene rings is 2. The number of fused-ring (bicyclic) bond motifs is 1. The molecule has 38 heavy (non-hydrogen) atoms. The van der Waals surface area contributed by atoms with Gasteiger partial charge < -0.3 is 28.8 Å². The molecule has 4 rings (SSSR count). The minimum Gasteiger partial charge on any atom is -0.502 e. The van der Waals surface area contributed by atoms with Crippen LogP contribution in [0.1, 0.15) is 31.0 Å². The van der Waals surface area contributed by atoms with E-state index in [9.17, 15) is 14.7 Å². The summed E-state index contributed by atoms with van der Waals surface area (Å²) in [6.45, 7) is 3.58. The first-order valence-corrected chi connectivity index (χ1v) is 12.5. The maximum Gasteiger partial charge on any atom is 0.338 e. The molecule has 0 bridgehead atoms. The Hall–Kier alpha value is -4.25. The number of aromatic hydroxyl groups is 1. The summed E-state index contributed by atoms with van der Waals surface area (Å²) >= 11 is 1.17. The molecule has 1 atom stereocenters. The lowest BCUT2D eigenvalue weighted by atomic mass is 9.94. The van der Waals surface area contributed by atoms with E-state index in [4.69, 9.17) is 23.7 Å². The summed E-state index contributed by atoms with van der Waals surface area (Å²) in [5.41, 5.74) is 1.40. The van der Waals surface area contributed by atoms with Crippen molar-refractivity contribution >= 4 is 23.4 Å². The van der Waals surface area contributed by atoms with Crippen LogP contribution in [0.25, 0.3) is 6.08 Å². The molecule has 0 aliphatic carbocycles. The number of allylic oxidation sites excluding steroid dienone is 1. The first-order chi connectivity index (χ1) is 18.3. The minimum atomic E-state index is -0.874. The van der Waals surface area contributed by atoms with Gasteiger partial charge in [-0.15, -0.1) is 0 Å². The molecule has 0 amide bonds. The molecule has 1 aliphatic heterocycles. The van der Waals surface area contributed by atoms with E-state index < -0.39 is 12.0 Å². The Morgan fingerprint density at radius 3 is 2.29 bits per heavy atom. The third-order valence-electron chi connectivity index (χ3n) is 6.05. The molecule has 1 aliphatic rings. The van der Waals surface area contributed by atoms with Crippen LogP contribution in [0.3, 0.4) is 0 Å². The zero-order chi connectivity index (χ0) is 27.6. The summed E-state index contributed by atoms with van der Waals surface area (Å²) < 4.78 is 28.7. The van der Waals surface area contributed by atoms with Crippen LogP contribution in [0.2, 0.25) is 0 Å². The molecule has 0 radical (unpaired) electrons. The average Bonchev–Trinajstić information content (AvgIpc) is 3.22. The minimum absolute atomic E-state index is 0.145. The maximum absolute atomic E-state index is 13.9. The van der Waals surface area contributed by atoms with E-state index in [0.717, 1.165) is 0 Å². The molecule has 0 saturated heterocycles. The topological polar surface area (TPSA) is 118 Å². The third kappa shape index (κ3) is 4.72. The van der Waals surface area contributed by atoms with Gasteiger partial charge in [-0.05, 0) is 55.8 Å². The highest BCUT2D eigenvalue weighted by atomic mass is 32.1. The molecule has 0 spiro atoms.